The summed E-state index contributed by atoms with van der Waals surface area (Å²) in [6.07, 6.45) is 4.12. The molecule has 1 aliphatic heterocycles. The van der Waals surface area contributed by atoms with Crippen LogP contribution in [0.4, 0.5) is 5.69 Å². The molecule has 2 fully saturated rings. The Bertz CT molecular complexity index is 499. The van der Waals surface area contributed by atoms with Crippen LogP contribution in [0.5, 0.6) is 5.75 Å². The molecule has 1 aromatic carbocycles. The lowest BCUT2D eigenvalue weighted by Gasteiger charge is -2.36. The largest absolute Gasteiger partial charge is 0.496 e. The van der Waals surface area contributed by atoms with Gasteiger partial charge in [-0.1, -0.05) is 6.07 Å². The van der Waals surface area contributed by atoms with Gasteiger partial charge in [-0.3, -0.25) is 0 Å². The minimum atomic E-state index is -0.280. The van der Waals surface area contributed by atoms with Gasteiger partial charge < -0.3 is 19.5 Å². The number of rotatable bonds is 3. The van der Waals surface area contributed by atoms with Crippen LogP contribution in [-0.2, 0) is 9.47 Å². The van der Waals surface area contributed by atoms with Crippen LogP contribution in [0.1, 0.15) is 36.8 Å². The van der Waals surface area contributed by atoms with Crippen molar-refractivity contribution in [2.45, 2.75) is 51.4 Å². The molecule has 1 aliphatic carbocycles. The Hall–Kier alpha value is -1.26. The van der Waals surface area contributed by atoms with Crippen LogP contribution < -0.4 is 10.1 Å². The Kier molecular flexibility index (Phi) is 4.09. The number of aryl methyl sites for hydroxylation is 1. The predicted molar refractivity (Wildman–Crippen MR) is 83.0 cm³/mol. The van der Waals surface area contributed by atoms with Crippen molar-refractivity contribution in [1.29, 1.82) is 0 Å². The number of nitrogens with one attached hydrogen (secondary N) is 1. The molecule has 0 bridgehead atoms. The van der Waals surface area contributed by atoms with Crippen LogP contribution in [0, 0.1) is 13.8 Å². The van der Waals surface area contributed by atoms with Gasteiger partial charge in [0.1, 0.15) is 5.75 Å². The lowest BCUT2D eigenvalue weighted by molar-refractivity contribution is -0.177. The van der Waals surface area contributed by atoms with E-state index in [0.717, 1.165) is 44.6 Å². The van der Waals surface area contributed by atoms with Crippen molar-refractivity contribution in [2.75, 3.05) is 25.6 Å². The summed E-state index contributed by atoms with van der Waals surface area (Å²) in [5.74, 6) is 0.702. The van der Waals surface area contributed by atoms with E-state index in [0.29, 0.717) is 6.04 Å². The van der Waals surface area contributed by atoms with Crippen LogP contribution in [-0.4, -0.2) is 32.2 Å². The molecule has 1 N–H and O–H groups in total. The van der Waals surface area contributed by atoms with Gasteiger partial charge in [-0.15, -0.1) is 0 Å². The van der Waals surface area contributed by atoms with Gasteiger partial charge >= 0.3 is 0 Å². The van der Waals surface area contributed by atoms with Gasteiger partial charge in [0.05, 0.1) is 20.3 Å². The topological polar surface area (TPSA) is 39.7 Å². The molecule has 0 unspecified atom stereocenters. The minimum absolute atomic E-state index is 0.280. The standard InChI is InChI=1S/C17H25NO3/c1-12-4-5-15(13(2)16(12)19-3)18-14-6-8-17(9-7-14)20-10-11-21-17/h4-5,14,18H,6-11H2,1-3H3. The third kappa shape index (κ3) is 2.87. The highest BCUT2D eigenvalue weighted by Crippen LogP contribution is 2.37. The normalized spacial score (nSPS) is 21.7. The molecular formula is C17H25NO3. The minimum Gasteiger partial charge on any atom is -0.496 e. The summed E-state index contributed by atoms with van der Waals surface area (Å²) in [6, 6.07) is 4.75. The molecule has 4 heteroatoms. The highest BCUT2D eigenvalue weighted by Gasteiger charge is 2.40. The summed E-state index contributed by atoms with van der Waals surface area (Å²) >= 11 is 0. The van der Waals surface area contributed by atoms with Crippen LogP contribution in [0.2, 0.25) is 0 Å². The quantitative estimate of drug-likeness (QED) is 0.926. The molecule has 0 aromatic heterocycles. The summed E-state index contributed by atoms with van der Waals surface area (Å²) in [4.78, 5) is 0. The van der Waals surface area contributed by atoms with Crippen molar-refractivity contribution in [1.82, 2.24) is 0 Å². The average molecular weight is 291 g/mol. The molecule has 1 heterocycles. The second kappa shape index (κ2) is 5.85. The molecule has 0 atom stereocenters. The van der Waals surface area contributed by atoms with Crippen molar-refractivity contribution < 1.29 is 14.2 Å². The van der Waals surface area contributed by atoms with Crippen LogP contribution in [0.3, 0.4) is 0 Å². The first-order valence-corrected chi connectivity index (χ1v) is 7.82. The van der Waals surface area contributed by atoms with Crippen molar-refractivity contribution >= 4 is 5.69 Å². The Morgan fingerprint density at radius 1 is 1.14 bits per heavy atom. The van der Waals surface area contributed by atoms with Crippen LogP contribution >= 0.6 is 0 Å². The summed E-state index contributed by atoms with van der Waals surface area (Å²) in [5, 5.41) is 3.67. The first-order valence-electron chi connectivity index (χ1n) is 7.82. The molecule has 0 radical (unpaired) electrons. The third-order valence-electron chi connectivity index (χ3n) is 4.73. The van der Waals surface area contributed by atoms with E-state index in [-0.39, 0.29) is 5.79 Å². The number of anilines is 1. The summed E-state index contributed by atoms with van der Waals surface area (Å²) in [7, 11) is 1.73. The van der Waals surface area contributed by atoms with Crippen molar-refractivity contribution in [3.05, 3.63) is 23.3 Å². The Balaban J connectivity index is 1.65. The number of hydrogen-bond acceptors (Lipinski definition) is 4. The fraction of sp³-hybridized carbons (Fsp3) is 0.647. The average Bonchev–Trinajstić information content (AvgIpc) is 2.93. The smallest absolute Gasteiger partial charge is 0.168 e. The van der Waals surface area contributed by atoms with Gasteiger partial charge in [0.25, 0.3) is 0 Å². The van der Waals surface area contributed by atoms with Gasteiger partial charge in [-0.2, -0.15) is 0 Å². The monoisotopic (exact) mass is 291 g/mol. The van der Waals surface area contributed by atoms with E-state index in [2.05, 4.69) is 31.3 Å². The predicted octanol–water partition coefficient (Wildman–Crippen LogP) is 3.41. The number of benzene rings is 1. The molecule has 3 rings (SSSR count). The Labute approximate surface area is 126 Å². The van der Waals surface area contributed by atoms with E-state index in [4.69, 9.17) is 14.2 Å². The van der Waals surface area contributed by atoms with E-state index in [1.807, 2.05) is 0 Å². The molecular weight excluding hydrogens is 266 g/mol. The first-order chi connectivity index (χ1) is 10.1. The van der Waals surface area contributed by atoms with E-state index in [9.17, 15) is 0 Å². The molecule has 116 valence electrons. The fourth-order valence-electron chi connectivity index (χ4n) is 3.51. The maximum Gasteiger partial charge on any atom is 0.168 e. The first kappa shape index (κ1) is 14.7. The number of hydrogen-bond donors (Lipinski definition) is 1. The molecule has 1 saturated carbocycles. The zero-order valence-corrected chi connectivity index (χ0v) is 13.2. The summed E-state index contributed by atoms with van der Waals surface area (Å²) in [6.45, 7) is 5.68. The van der Waals surface area contributed by atoms with E-state index in [1.165, 1.54) is 16.8 Å². The van der Waals surface area contributed by atoms with Gasteiger partial charge in [0.2, 0.25) is 0 Å². The van der Waals surface area contributed by atoms with E-state index >= 15 is 0 Å². The highest BCUT2D eigenvalue weighted by atomic mass is 16.7. The van der Waals surface area contributed by atoms with Crippen LogP contribution in [0.15, 0.2) is 12.1 Å². The van der Waals surface area contributed by atoms with Crippen molar-refractivity contribution in [3.63, 3.8) is 0 Å². The van der Waals surface area contributed by atoms with Crippen molar-refractivity contribution in [2.24, 2.45) is 0 Å². The summed E-state index contributed by atoms with van der Waals surface area (Å²) < 4.78 is 17.1. The van der Waals surface area contributed by atoms with Gasteiger partial charge in [-0.25, -0.2) is 0 Å². The summed E-state index contributed by atoms with van der Waals surface area (Å²) in [5.41, 5.74) is 3.54. The second-order valence-corrected chi connectivity index (χ2v) is 6.11. The van der Waals surface area contributed by atoms with Crippen molar-refractivity contribution in [3.8, 4) is 5.75 Å². The Morgan fingerprint density at radius 3 is 2.43 bits per heavy atom. The molecule has 21 heavy (non-hydrogen) atoms. The zero-order valence-electron chi connectivity index (χ0n) is 13.2. The molecule has 2 aliphatic rings. The maximum atomic E-state index is 5.79. The molecule has 1 aromatic rings. The second-order valence-electron chi connectivity index (χ2n) is 6.11. The fourth-order valence-corrected chi connectivity index (χ4v) is 3.51. The SMILES string of the molecule is COc1c(C)ccc(NC2CCC3(CC2)OCCO3)c1C. The number of methoxy groups -OCH3 is 1. The Morgan fingerprint density at radius 2 is 1.81 bits per heavy atom. The molecule has 0 amide bonds. The highest BCUT2D eigenvalue weighted by molar-refractivity contribution is 5.60. The molecule has 1 saturated heterocycles. The maximum absolute atomic E-state index is 5.79. The molecule has 1 spiro atoms. The van der Waals surface area contributed by atoms with Crippen LogP contribution in [0.25, 0.3) is 0 Å². The van der Waals surface area contributed by atoms with Gasteiger partial charge in [0, 0.05) is 30.1 Å². The zero-order chi connectivity index (χ0) is 14.9. The van der Waals surface area contributed by atoms with Gasteiger partial charge in [0.15, 0.2) is 5.79 Å². The van der Waals surface area contributed by atoms with Gasteiger partial charge in [-0.05, 0) is 38.3 Å². The lowest BCUT2D eigenvalue weighted by atomic mass is 9.89. The third-order valence-corrected chi connectivity index (χ3v) is 4.73. The van der Waals surface area contributed by atoms with E-state index in [1.54, 1.807) is 7.11 Å². The van der Waals surface area contributed by atoms with E-state index < -0.39 is 0 Å². The lowest BCUT2D eigenvalue weighted by Crippen LogP contribution is -2.39. The number of ether oxygens (including phenoxy) is 3. The molecule has 4 nitrogen and oxygen atoms in total.